The fraction of sp³-hybridized carbons (Fsp3) is 0.462. The van der Waals surface area contributed by atoms with Gasteiger partial charge in [-0.2, -0.15) is 0 Å². The minimum absolute atomic E-state index is 0.000727. The van der Waals surface area contributed by atoms with Gasteiger partial charge in [-0.25, -0.2) is 0 Å². The fourth-order valence-electron chi connectivity index (χ4n) is 8.65. The van der Waals surface area contributed by atoms with Crippen molar-refractivity contribution in [2.75, 3.05) is 52.9 Å². The van der Waals surface area contributed by atoms with Crippen molar-refractivity contribution in [1.82, 2.24) is 0 Å². The molecule has 76 heavy (non-hydrogen) atoms. The quantitative estimate of drug-likeness (QED) is 0.0317. The number of rotatable bonds is 24. The summed E-state index contributed by atoms with van der Waals surface area (Å²) in [5.74, 6) is -3.50. The van der Waals surface area contributed by atoms with Crippen molar-refractivity contribution in [2.45, 2.75) is 109 Å². The molecule has 0 spiro atoms. The van der Waals surface area contributed by atoms with Gasteiger partial charge in [0.2, 0.25) is 0 Å². The molecule has 0 aliphatic heterocycles. The lowest BCUT2D eigenvalue weighted by molar-refractivity contribution is -0.132. The molecule has 0 unspecified atom stereocenters. The first kappa shape index (κ1) is 62.2. The third-order valence-corrected chi connectivity index (χ3v) is 19.4. The van der Waals surface area contributed by atoms with E-state index in [0.29, 0.717) is 0 Å². The van der Waals surface area contributed by atoms with Crippen LogP contribution in [0.5, 0.6) is 23.0 Å². The van der Waals surface area contributed by atoms with Crippen molar-refractivity contribution in [3.05, 3.63) is 93.0 Å². The largest absolute Gasteiger partial charge is 0.426 e. The van der Waals surface area contributed by atoms with Crippen LogP contribution in [0.15, 0.2) is 48.5 Å². The molecular formula is C52H68O20P4. The Hall–Kier alpha value is -4.64. The highest BCUT2D eigenvalue weighted by atomic mass is 31.2. The molecule has 5 rings (SSSR count). The van der Waals surface area contributed by atoms with Gasteiger partial charge in [0, 0.05) is 97.9 Å². The Morgan fingerprint density at radius 1 is 0.303 bits per heavy atom. The van der Waals surface area contributed by atoms with Crippen LogP contribution in [0.2, 0.25) is 0 Å². The molecule has 4 aromatic carbocycles. The highest BCUT2D eigenvalue weighted by Crippen LogP contribution is 2.53. The third-order valence-electron chi connectivity index (χ3n) is 11.1. The molecule has 0 atom stereocenters. The monoisotopic (exact) mass is 1140 g/mol. The first-order chi connectivity index (χ1) is 36.0. The second-order valence-electron chi connectivity index (χ2n) is 16.8. The lowest BCUT2D eigenvalue weighted by atomic mass is 9.91. The van der Waals surface area contributed by atoms with Crippen molar-refractivity contribution < 1.29 is 92.6 Å². The molecule has 0 saturated heterocycles. The standard InChI is InChI=1S/C52H68O20P4/c1-13-61-73(57,62-14-2)45-25-37-21-39-27-46(74(58,63-15-3)64-16-4)29-41(50(39)70-34(10)54)23-43-31-48(76(60,67-19-7)68-20-8)32-44(52(43)72-36(12)56)24-42-30-47(75(59,65-17-5)66-18-6)28-40(51(42)71-35(11)55)22-38(26-45)49(37)69-33(9)53/h25-32H,13-24H2,1-12H3. The summed E-state index contributed by atoms with van der Waals surface area (Å²) >= 11 is 0. The van der Waals surface area contributed by atoms with E-state index < -0.39 is 54.3 Å². The average Bonchev–Trinajstić information content (AvgIpc) is 3.32. The summed E-state index contributed by atoms with van der Waals surface area (Å²) in [7, 11) is -17.0. The van der Waals surface area contributed by atoms with Crippen molar-refractivity contribution in [2.24, 2.45) is 0 Å². The van der Waals surface area contributed by atoms with Crippen LogP contribution in [0.1, 0.15) is 128 Å². The maximum absolute atomic E-state index is 15.0. The fourth-order valence-corrected chi connectivity index (χ4v) is 15.4. The zero-order valence-electron chi connectivity index (χ0n) is 45.1. The molecule has 24 heteroatoms. The maximum atomic E-state index is 15.0. The Morgan fingerprint density at radius 2 is 0.434 bits per heavy atom. The van der Waals surface area contributed by atoms with E-state index >= 15 is 0 Å². The van der Waals surface area contributed by atoms with Crippen LogP contribution in [-0.2, 0) is 99.3 Å². The van der Waals surface area contributed by atoms with Crippen molar-refractivity contribution >= 4 is 75.5 Å². The van der Waals surface area contributed by atoms with Crippen LogP contribution in [0.4, 0.5) is 0 Å². The number of benzene rings is 4. The third kappa shape index (κ3) is 14.9. The molecule has 8 bridgehead atoms. The van der Waals surface area contributed by atoms with Gasteiger partial charge in [0.25, 0.3) is 0 Å². The lowest BCUT2D eigenvalue weighted by Gasteiger charge is -2.26. The van der Waals surface area contributed by atoms with Gasteiger partial charge in [-0.05, 0) is 104 Å². The van der Waals surface area contributed by atoms with Crippen LogP contribution in [0, 0.1) is 0 Å². The smallest absolute Gasteiger partial charge is 0.361 e. The van der Waals surface area contributed by atoms with Crippen LogP contribution in [-0.4, -0.2) is 76.7 Å². The molecule has 0 fully saturated rings. The lowest BCUT2D eigenvalue weighted by Crippen LogP contribution is -2.21. The van der Waals surface area contributed by atoms with Gasteiger partial charge in [-0.3, -0.25) is 37.4 Å². The Morgan fingerprint density at radius 3 is 0.539 bits per heavy atom. The molecule has 0 aromatic heterocycles. The van der Waals surface area contributed by atoms with E-state index in [2.05, 4.69) is 0 Å². The molecular weight excluding hydrogens is 1070 g/mol. The van der Waals surface area contributed by atoms with E-state index in [-0.39, 0.29) is 167 Å². The molecule has 0 saturated carbocycles. The van der Waals surface area contributed by atoms with Crippen LogP contribution >= 0.6 is 30.4 Å². The van der Waals surface area contributed by atoms with E-state index in [1.807, 2.05) is 0 Å². The predicted octanol–water partition coefficient (Wildman–Crippen LogP) is 9.63. The zero-order chi connectivity index (χ0) is 56.2. The zero-order valence-corrected chi connectivity index (χ0v) is 48.6. The number of carbonyl (C=O) groups is 4. The number of fused-ring (bicyclic) bond motifs is 8. The maximum Gasteiger partial charge on any atom is 0.361 e. The van der Waals surface area contributed by atoms with Crippen LogP contribution < -0.4 is 40.2 Å². The molecule has 0 amide bonds. The Bertz CT molecular complexity index is 2470. The van der Waals surface area contributed by atoms with Gasteiger partial charge in [0.05, 0.1) is 74.1 Å². The van der Waals surface area contributed by atoms with E-state index in [9.17, 15) is 37.4 Å². The normalized spacial score (nSPS) is 13.0. The van der Waals surface area contributed by atoms with Gasteiger partial charge >= 0.3 is 54.3 Å². The highest BCUT2D eigenvalue weighted by molar-refractivity contribution is 7.63. The van der Waals surface area contributed by atoms with E-state index in [0.717, 1.165) is 0 Å². The van der Waals surface area contributed by atoms with Gasteiger partial charge in [0.1, 0.15) is 23.0 Å². The van der Waals surface area contributed by atoms with E-state index in [1.165, 1.54) is 76.2 Å². The molecule has 0 N–H and O–H groups in total. The number of carbonyl (C=O) groups excluding carboxylic acids is 4. The highest BCUT2D eigenvalue weighted by Gasteiger charge is 2.37. The first-order valence-corrected chi connectivity index (χ1v) is 31.1. The number of hydrogen-bond donors (Lipinski definition) is 0. The number of hydrogen-bond acceptors (Lipinski definition) is 20. The number of ether oxygens (including phenoxy) is 4. The second-order valence-corrected chi connectivity index (χ2v) is 24.9. The van der Waals surface area contributed by atoms with E-state index in [1.54, 1.807) is 55.4 Å². The summed E-state index contributed by atoms with van der Waals surface area (Å²) in [4.78, 5) is 53.4. The van der Waals surface area contributed by atoms with Gasteiger partial charge < -0.3 is 55.1 Å². The molecule has 0 heterocycles. The summed E-state index contributed by atoms with van der Waals surface area (Å²) in [6.45, 7) is 17.2. The predicted molar refractivity (Wildman–Crippen MR) is 284 cm³/mol. The first-order valence-electron chi connectivity index (χ1n) is 24.9. The van der Waals surface area contributed by atoms with Crippen molar-refractivity contribution in [1.29, 1.82) is 0 Å². The van der Waals surface area contributed by atoms with Crippen LogP contribution in [0.25, 0.3) is 0 Å². The molecule has 0 radical (unpaired) electrons. The molecule has 1 aliphatic rings. The molecule has 4 aromatic rings. The summed E-state index contributed by atoms with van der Waals surface area (Å²) in [5, 5.41) is -0.00291. The Balaban J connectivity index is 2.19. The summed E-state index contributed by atoms with van der Waals surface area (Å²) in [6.07, 6.45) is -1.38. The summed E-state index contributed by atoms with van der Waals surface area (Å²) in [5.41, 5.74) is 1.06. The van der Waals surface area contributed by atoms with Gasteiger partial charge in [-0.1, -0.05) is 0 Å². The topological polar surface area (TPSA) is 247 Å². The van der Waals surface area contributed by atoms with Crippen molar-refractivity contribution in [3.8, 4) is 23.0 Å². The Kier molecular flexibility index (Phi) is 22.3. The van der Waals surface area contributed by atoms with Gasteiger partial charge in [0.15, 0.2) is 0 Å². The minimum atomic E-state index is -4.24. The molecule has 416 valence electrons. The average molecular weight is 1140 g/mol. The minimum Gasteiger partial charge on any atom is -0.426 e. The van der Waals surface area contributed by atoms with Crippen molar-refractivity contribution in [3.63, 3.8) is 0 Å². The van der Waals surface area contributed by atoms with Crippen LogP contribution in [0.3, 0.4) is 0 Å². The summed E-state index contributed by atoms with van der Waals surface area (Å²) < 4.78 is 131. The Labute approximate surface area is 444 Å². The molecule has 1 aliphatic carbocycles. The van der Waals surface area contributed by atoms with E-state index in [4.69, 9.17) is 55.1 Å². The molecule has 20 nitrogen and oxygen atoms in total. The van der Waals surface area contributed by atoms with Gasteiger partial charge in [-0.15, -0.1) is 0 Å². The SMILES string of the molecule is CCOP(=O)(OCC)c1cc2c(OC(C)=O)c(c1)Cc1cc(P(=O)(OCC)OCC)cc(c1OC(C)=O)Cc1cc(P(=O)(OCC)OCC)cc(c1OC(C)=O)Cc1cc(P(=O)(OCC)OCC)cc(c1OC(C)=O)C2. The second kappa shape index (κ2) is 27.3. The number of esters is 4. The summed E-state index contributed by atoms with van der Waals surface area (Å²) in [6, 6.07) is 11.6.